The summed E-state index contributed by atoms with van der Waals surface area (Å²) in [6, 6.07) is 18.3. The Morgan fingerprint density at radius 1 is 0.864 bits per heavy atom. The number of hydrogen-bond acceptors (Lipinski definition) is 0. The maximum Gasteiger partial charge on any atom is 0.0425 e. The molecule has 0 aliphatic rings. The summed E-state index contributed by atoms with van der Waals surface area (Å²) in [6.45, 7) is 7.38. The van der Waals surface area contributed by atoms with Gasteiger partial charge in [0.15, 0.2) is 0 Å². The number of hydrogen-bond donors (Lipinski definition) is 0. The van der Waals surface area contributed by atoms with Crippen LogP contribution in [-0.2, 0) is 0 Å². The van der Waals surface area contributed by atoms with Crippen molar-refractivity contribution in [2.24, 2.45) is 0 Å². The lowest BCUT2D eigenvalue weighted by Gasteiger charge is -1.96. The van der Waals surface area contributed by atoms with Gasteiger partial charge in [0.1, 0.15) is 0 Å². The van der Waals surface area contributed by atoms with E-state index in [0.29, 0.717) is 4.83 Å². The van der Waals surface area contributed by atoms with E-state index in [-0.39, 0.29) is 0 Å². The molecule has 0 saturated carbocycles. The summed E-state index contributed by atoms with van der Waals surface area (Å²) in [6.07, 6.45) is 7.90. The molecule has 114 valence electrons. The van der Waals surface area contributed by atoms with Crippen LogP contribution in [0.25, 0.3) is 18.2 Å². The van der Waals surface area contributed by atoms with E-state index in [1.54, 1.807) is 0 Å². The maximum absolute atomic E-state index is 3.69. The van der Waals surface area contributed by atoms with Crippen molar-refractivity contribution in [2.75, 3.05) is 5.33 Å². The second-order valence-electron chi connectivity index (χ2n) is 4.48. The van der Waals surface area contributed by atoms with E-state index in [1.165, 1.54) is 5.56 Å². The lowest BCUT2D eigenvalue weighted by Crippen LogP contribution is -1.91. The Labute approximate surface area is 150 Å². The fraction of sp³-hybridized carbons (Fsp3) is 0.100. The largest absolute Gasteiger partial charge is 0.0984 e. The first kappa shape index (κ1) is 18.7. The lowest BCUT2D eigenvalue weighted by atomic mass is 10.1. The Hall–Kier alpha value is -1.38. The Morgan fingerprint density at radius 2 is 1.36 bits per heavy atom. The summed E-state index contributed by atoms with van der Waals surface area (Å²) in [4.78, 5) is 0.415. The van der Waals surface area contributed by atoms with Crippen LogP contribution >= 0.6 is 31.9 Å². The summed E-state index contributed by atoms with van der Waals surface area (Å²) in [5.41, 5.74) is 3.51. The van der Waals surface area contributed by atoms with E-state index in [9.17, 15) is 0 Å². The summed E-state index contributed by atoms with van der Waals surface area (Å²) in [5, 5.41) is 0.941. The van der Waals surface area contributed by atoms with Gasteiger partial charge in [0.25, 0.3) is 0 Å². The van der Waals surface area contributed by atoms with Crippen LogP contribution in [0.4, 0.5) is 0 Å². The van der Waals surface area contributed by atoms with Gasteiger partial charge in [-0.15, -0.1) is 0 Å². The molecule has 0 amide bonds. The van der Waals surface area contributed by atoms with Crippen molar-refractivity contribution in [3.05, 3.63) is 90.5 Å². The third kappa shape index (κ3) is 7.06. The Balaban J connectivity index is 0.000000224. The molecule has 0 N–H and O–H groups in total. The molecule has 0 aliphatic carbocycles. The molecule has 0 spiro atoms. The molecule has 22 heavy (non-hydrogen) atoms. The number of benzene rings is 2. The van der Waals surface area contributed by atoms with Crippen molar-refractivity contribution in [1.29, 1.82) is 0 Å². The van der Waals surface area contributed by atoms with Gasteiger partial charge >= 0.3 is 0 Å². The van der Waals surface area contributed by atoms with Gasteiger partial charge in [0.2, 0.25) is 0 Å². The number of alkyl halides is 2. The fourth-order valence-electron chi connectivity index (χ4n) is 1.71. The average Bonchev–Trinajstić information content (AvgIpc) is 2.60. The molecule has 2 aromatic rings. The fourth-order valence-corrected chi connectivity index (χ4v) is 2.08. The Kier molecular flexibility index (Phi) is 9.52. The molecule has 1 atom stereocenters. The highest BCUT2D eigenvalue weighted by atomic mass is 79.9. The van der Waals surface area contributed by atoms with Gasteiger partial charge in [0, 0.05) is 10.2 Å². The highest BCUT2D eigenvalue weighted by Crippen LogP contribution is 2.10. The summed E-state index contributed by atoms with van der Waals surface area (Å²) < 4.78 is 0. The lowest BCUT2D eigenvalue weighted by molar-refractivity contribution is 1.32. The zero-order chi connectivity index (χ0) is 16.2. The van der Waals surface area contributed by atoms with Crippen LogP contribution in [0.15, 0.2) is 73.8 Å². The number of allylic oxidation sites excluding steroid dienone is 1. The second-order valence-corrected chi connectivity index (χ2v) is 6.30. The number of halogens is 2. The molecular weight excluding hydrogens is 400 g/mol. The molecule has 2 heteroatoms. The van der Waals surface area contributed by atoms with Gasteiger partial charge in [-0.2, -0.15) is 0 Å². The van der Waals surface area contributed by atoms with Crippen LogP contribution in [0.1, 0.15) is 16.7 Å². The minimum atomic E-state index is 0.415. The minimum Gasteiger partial charge on any atom is -0.0984 e. The van der Waals surface area contributed by atoms with Gasteiger partial charge < -0.3 is 0 Å². The van der Waals surface area contributed by atoms with Crippen molar-refractivity contribution in [3.63, 3.8) is 0 Å². The van der Waals surface area contributed by atoms with Crippen LogP contribution in [0.5, 0.6) is 0 Å². The van der Waals surface area contributed by atoms with Gasteiger partial charge in [0.05, 0.1) is 0 Å². The quantitative estimate of drug-likeness (QED) is 0.465. The van der Waals surface area contributed by atoms with Crippen molar-refractivity contribution in [2.45, 2.75) is 4.83 Å². The second kappa shape index (κ2) is 11.2. The Bertz CT molecular complexity index is 573. The predicted molar refractivity (Wildman–Crippen MR) is 109 cm³/mol. The highest BCUT2D eigenvalue weighted by Gasteiger charge is 1.93. The zero-order valence-corrected chi connectivity index (χ0v) is 15.6. The van der Waals surface area contributed by atoms with E-state index in [2.05, 4.69) is 69.3 Å². The SMILES string of the molecule is BrCC(Br)C=Cc1ccccc1.C=Cc1ccccc1C=C. The van der Waals surface area contributed by atoms with Crippen molar-refractivity contribution >= 4 is 50.1 Å². The molecule has 0 saturated heterocycles. The van der Waals surface area contributed by atoms with E-state index >= 15 is 0 Å². The first-order chi connectivity index (χ1) is 10.7. The molecule has 0 heterocycles. The first-order valence-corrected chi connectivity index (χ1v) is 9.02. The molecular formula is C20H20Br2. The molecule has 2 aromatic carbocycles. The van der Waals surface area contributed by atoms with Crippen molar-refractivity contribution in [3.8, 4) is 0 Å². The average molecular weight is 420 g/mol. The van der Waals surface area contributed by atoms with Crippen LogP contribution in [0, 0.1) is 0 Å². The summed E-state index contributed by atoms with van der Waals surface area (Å²) >= 11 is 6.89. The van der Waals surface area contributed by atoms with Crippen LogP contribution < -0.4 is 0 Å². The molecule has 0 radical (unpaired) electrons. The summed E-state index contributed by atoms with van der Waals surface area (Å²) in [5.74, 6) is 0. The minimum absolute atomic E-state index is 0.415. The third-order valence-corrected chi connectivity index (χ3v) is 5.08. The predicted octanol–water partition coefficient (Wildman–Crippen LogP) is 6.83. The van der Waals surface area contributed by atoms with Crippen LogP contribution in [0.2, 0.25) is 0 Å². The van der Waals surface area contributed by atoms with Crippen LogP contribution in [0.3, 0.4) is 0 Å². The first-order valence-electron chi connectivity index (χ1n) is 6.98. The normalized spacial score (nSPS) is 11.4. The van der Waals surface area contributed by atoms with Crippen molar-refractivity contribution in [1.82, 2.24) is 0 Å². The van der Waals surface area contributed by atoms with Gasteiger partial charge in [-0.3, -0.25) is 0 Å². The third-order valence-electron chi connectivity index (χ3n) is 2.88. The monoisotopic (exact) mass is 418 g/mol. The zero-order valence-electron chi connectivity index (χ0n) is 12.5. The van der Waals surface area contributed by atoms with E-state index in [1.807, 2.05) is 54.6 Å². The van der Waals surface area contributed by atoms with Crippen molar-refractivity contribution < 1.29 is 0 Å². The molecule has 2 rings (SSSR count). The van der Waals surface area contributed by atoms with E-state index < -0.39 is 0 Å². The number of rotatable bonds is 5. The summed E-state index contributed by atoms with van der Waals surface area (Å²) in [7, 11) is 0. The molecule has 0 nitrogen and oxygen atoms in total. The molecule has 0 bridgehead atoms. The molecule has 0 fully saturated rings. The topological polar surface area (TPSA) is 0 Å². The Morgan fingerprint density at radius 3 is 1.82 bits per heavy atom. The van der Waals surface area contributed by atoms with Gasteiger partial charge in [-0.1, -0.05) is 124 Å². The standard InChI is InChI=1S/C10H10Br2.C10H10/c11-8-10(12)7-6-9-4-2-1-3-5-9;1-3-9-7-5-6-8-10(9)4-2/h1-7,10H,8H2;3-8H,1-2H2. The molecule has 0 aromatic heterocycles. The molecule has 1 unspecified atom stereocenters. The molecule has 0 aliphatic heterocycles. The van der Waals surface area contributed by atoms with E-state index in [4.69, 9.17) is 0 Å². The highest BCUT2D eigenvalue weighted by molar-refractivity contribution is 9.12. The smallest absolute Gasteiger partial charge is 0.0425 e. The van der Waals surface area contributed by atoms with E-state index in [0.717, 1.165) is 16.5 Å². The van der Waals surface area contributed by atoms with Gasteiger partial charge in [-0.05, 0) is 16.7 Å². The maximum atomic E-state index is 3.69. The van der Waals surface area contributed by atoms with Crippen LogP contribution in [-0.4, -0.2) is 10.2 Å². The van der Waals surface area contributed by atoms with Gasteiger partial charge in [-0.25, -0.2) is 0 Å².